The Bertz CT molecular complexity index is 908. The quantitative estimate of drug-likeness (QED) is 0.661. The molecule has 0 bridgehead atoms. The summed E-state index contributed by atoms with van der Waals surface area (Å²) in [6.45, 7) is 0.509. The molecule has 1 aliphatic heterocycles. The molecule has 0 fully saturated rings. The molecule has 0 aliphatic carbocycles. The summed E-state index contributed by atoms with van der Waals surface area (Å²) in [6, 6.07) is 10.6. The van der Waals surface area contributed by atoms with Crippen molar-refractivity contribution in [1.29, 1.82) is 0 Å². The first-order valence-corrected chi connectivity index (χ1v) is 8.01. The van der Waals surface area contributed by atoms with Gasteiger partial charge in [-0.05, 0) is 24.3 Å². The Balaban J connectivity index is 1.50. The van der Waals surface area contributed by atoms with Crippen LogP contribution in [0.25, 0.3) is 11.0 Å². The van der Waals surface area contributed by atoms with Gasteiger partial charge < -0.3 is 15.0 Å². The minimum Gasteiger partial charge on any atom is -0.492 e. The SMILES string of the molecule is O=C(Nc1ccc2[nH]ccc2n1)N[C@H]1CCOc2c(Cl)cccc21. The molecule has 0 saturated carbocycles. The molecule has 0 unspecified atom stereocenters. The normalized spacial score (nSPS) is 16.3. The van der Waals surface area contributed by atoms with Crippen molar-refractivity contribution < 1.29 is 9.53 Å². The van der Waals surface area contributed by atoms with Crippen molar-refractivity contribution in [3.05, 3.63) is 53.2 Å². The number of hydrogen-bond acceptors (Lipinski definition) is 3. The minimum atomic E-state index is -0.310. The van der Waals surface area contributed by atoms with E-state index in [0.29, 0.717) is 29.6 Å². The van der Waals surface area contributed by atoms with Crippen LogP contribution in [-0.4, -0.2) is 22.6 Å². The van der Waals surface area contributed by atoms with Gasteiger partial charge in [0.2, 0.25) is 0 Å². The van der Waals surface area contributed by atoms with Crippen LogP contribution in [0.3, 0.4) is 0 Å². The van der Waals surface area contributed by atoms with Crippen LogP contribution in [-0.2, 0) is 0 Å². The van der Waals surface area contributed by atoms with E-state index in [-0.39, 0.29) is 12.1 Å². The summed E-state index contributed by atoms with van der Waals surface area (Å²) >= 11 is 6.15. The summed E-state index contributed by atoms with van der Waals surface area (Å²) in [5.74, 6) is 1.14. The number of anilines is 1. The second-order valence-electron chi connectivity index (χ2n) is 5.55. The molecule has 0 spiro atoms. The summed E-state index contributed by atoms with van der Waals surface area (Å²) in [7, 11) is 0. The zero-order valence-corrected chi connectivity index (χ0v) is 13.4. The Morgan fingerprint density at radius 1 is 1.29 bits per heavy atom. The first-order valence-electron chi connectivity index (χ1n) is 7.63. The second kappa shape index (κ2) is 6.05. The lowest BCUT2D eigenvalue weighted by atomic mass is 10.0. The molecule has 122 valence electrons. The zero-order valence-electron chi connectivity index (χ0n) is 12.7. The predicted molar refractivity (Wildman–Crippen MR) is 92.6 cm³/mol. The molecular formula is C17H15ClN4O2. The number of nitrogens with one attached hydrogen (secondary N) is 3. The lowest BCUT2D eigenvalue weighted by molar-refractivity contribution is 0.232. The van der Waals surface area contributed by atoms with Crippen molar-refractivity contribution in [2.24, 2.45) is 0 Å². The lowest BCUT2D eigenvalue weighted by Crippen LogP contribution is -2.35. The van der Waals surface area contributed by atoms with E-state index in [9.17, 15) is 4.79 Å². The maximum Gasteiger partial charge on any atom is 0.320 e. The lowest BCUT2D eigenvalue weighted by Gasteiger charge is -2.27. The van der Waals surface area contributed by atoms with E-state index in [0.717, 1.165) is 16.6 Å². The van der Waals surface area contributed by atoms with E-state index in [1.807, 2.05) is 30.5 Å². The van der Waals surface area contributed by atoms with E-state index >= 15 is 0 Å². The van der Waals surface area contributed by atoms with Crippen LogP contribution in [0.1, 0.15) is 18.0 Å². The molecule has 24 heavy (non-hydrogen) atoms. The van der Waals surface area contributed by atoms with Gasteiger partial charge in [-0.1, -0.05) is 23.7 Å². The molecular weight excluding hydrogens is 328 g/mol. The Hall–Kier alpha value is -2.73. The number of benzene rings is 1. The molecule has 4 rings (SSSR count). The summed E-state index contributed by atoms with van der Waals surface area (Å²) in [6.07, 6.45) is 2.50. The fourth-order valence-electron chi connectivity index (χ4n) is 2.85. The number of para-hydroxylation sites is 1. The first kappa shape index (κ1) is 14.8. The number of pyridine rings is 1. The van der Waals surface area contributed by atoms with E-state index in [1.165, 1.54) is 0 Å². The maximum atomic E-state index is 12.3. The van der Waals surface area contributed by atoms with Gasteiger partial charge in [0.25, 0.3) is 0 Å². The highest BCUT2D eigenvalue weighted by molar-refractivity contribution is 6.32. The molecule has 0 saturated heterocycles. The molecule has 3 N–H and O–H groups in total. The number of urea groups is 1. The summed E-state index contributed by atoms with van der Waals surface area (Å²) in [4.78, 5) is 19.7. The van der Waals surface area contributed by atoms with Crippen molar-refractivity contribution in [3.8, 4) is 5.75 Å². The number of amides is 2. The van der Waals surface area contributed by atoms with Crippen LogP contribution in [0.4, 0.5) is 10.6 Å². The number of carbonyl (C=O) groups is 1. The molecule has 1 aliphatic rings. The number of carbonyl (C=O) groups excluding carboxylic acids is 1. The van der Waals surface area contributed by atoms with Gasteiger partial charge in [-0.3, -0.25) is 5.32 Å². The Kier molecular flexibility index (Phi) is 3.74. The van der Waals surface area contributed by atoms with Crippen molar-refractivity contribution >= 4 is 34.5 Å². The van der Waals surface area contributed by atoms with Crippen molar-refractivity contribution in [3.63, 3.8) is 0 Å². The molecule has 6 nitrogen and oxygen atoms in total. The molecule has 7 heteroatoms. The fraction of sp³-hybridized carbons (Fsp3) is 0.176. The molecule has 2 aromatic heterocycles. The number of fused-ring (bicyclic) bond motifs is 2. The average molecular weight is 343 g/mol. The smallest absolute Gasteiger partial charge is 0.320 e. The Labute approximate surface area is 143 Å². The number of rotatable bonds is 2. The predicted octanol–water partition coefficient (Wildman–Crippen LogP) is 3.86. The standard InChI is InChI=1S/C17H15ClN4O2/c18-11-3-1-2-10-12(7-9-24-16(10)11)21-17(23)22-15-5-4-13-14(20-15)6-8-19-13/h1-6,8,12,19H,7,9H2,(H2,20,21,22,23)/t12-/m0/s1. The number of aromatic nitrogens is 2. The highest BCUT2D eigenvalue weighted by Crippen LogP contribution is 2.37. The van der Waals surface area contributed by atoms with Gasteiger partial charge in [-0.15, -0.1) is 0 Å². The van der Waals surface area contributed by atoms with Crippen LogP contribution in [0, 0.1) is 0 Å². The largest absolute Gasteiger partial charge is 0.492 e. The van der Waals surface area contributed by atoms with Gasteiger partial charge >= 0.3 is 6.03 Å². The monoisotopic (exact) mass is 342 g/mol. The van der Waals surface area contributed by atoms with Crippen LogP contribution in [0.5, 0.6) is 5.75 Å². The first-order chi connectivity index (χ1) is 11.7. The van der Waals surface area contributed by atoms with Gasteiger partial charge in [0, 0.05) is 18.2 Å². The second-order valence-corrected chi connectivity index (χ2v) is 5.96. The third-order valence-corrected chi connectivity index (χ3v) is 4.28. The van der Waals surface area contributed by atoms with E-state index in [1.54, 1.807) is 12.1 Å². The fourth-order valence-corrected chi connectivity index (χ4v) is 3.09. The highest BCUT2D eigenvalue weighted by atomic mass is 35.5. The zero-order chi connectivity index (χ0) is 16.5. The highest BCUT2D eigenvalue weighted by Gasteiger charge is 2.24. The van der Waals surface area contributed by atoms with Gasteiger partial charge in [0.1, 0.15) is 11.6 Å². The third kappa shape index (κ3) is 2.76. The molecule has 0 radical (unpaired) electrons. The maximum absolute atomic E-state index is 12.3. The van der Waals surface area contributed by atoms with Crippen molar-refractivity contribution in [1.82, 2.24) is 15.3 Å². The van der Waals surface area contributed by atoms with Crippen LogP contribution >= 0.6 is 11.6 Å². The van der Waals surface area contributed by atoms with Crippen molar-refractivity contribution in [2.45, 2.75) is 12.5 Å². The summed E-state index contributed by atoms with van der Waals surface area (Å²) in [5, 5.41) is 6.28. The van der Waals surface area contributed by atoms with E-state index in [4.69, 9.17) is 16.3 Å². The topological polar surface area (TPSA) is 79.0 Å². The molecule has 2 amide bonds. The van der Waals surface area contributed by atoms with Gasteiger partial charge in [-0.2, -0.15) is 0 Å². The van der Waals surface area contributed by atoms with E-state index < -0.39 is 0 Å². The van der Waals surface area contributed by atoms with E-state index in [2.05, 4.69) is 20.6 Å². The summed E-state index contributed by atoms with van der Waals surface area (Å²) in [5.41, 5.74) is 2.61. The number of aromatic amines is 1. The minimum absolute atomic E-state index is 0.150. The third-order valence-electron chi connectivity index (χ3n) is 3.98. The van der Waals surface area contributed by atoms with Gasteiger partial charge in [-0.25, -0.2) is 9.78 Å². The molecule has 1 atom stereocenters. The molecule has 3 aromatic rings. The van der Waals surface area contributed by atoms with Crippen LogP contribution in [0.2, 0.25) is 5.02 Å². The van der Waals surface area contributed by atoms with Crippen molar-refractivity contribution in [2.75, 3.05) is 11.9 Å². The molecule has 3 heterocycles. The number of nitrogens with zero attached hydrogens (tertiary/aromatic N) is 1. The number of ether oxygens (including phenoxy) is 1. The molecule has 1 aromatic carbocycles. The summed E-state index contributed by atoms with van der Waals surface area (Å²) < 4.78 is 5.60. The Morgan fingerprint density at radius 2 is 2.21 bits per heavy atom. The average Bonchev–Trinajstić information content (AvgIpc) is 3.03. The number of halogens is 1. The van der Waals surface area contributed by atoms with Crippen LogP contribution in [0.15, 0.2) is 42.6 Å². The number of H-pyrrole nitrogens is 1. The van der Waals surface area contributed by atoms with Gasteiger partial charge in [0.05, 0.1) is 28.7 Å². The number of hydrogen-bond donors (Lipinski definition) is 3. The van der Waals surface area contributed by atoms with Crippen LogP contribution < -0.4 is 15.4 Å². The Morgan fingerprint density at radius 3 is 3.12 bits per heavy atom. The van der Waals surface area contributed by atoms with Gasteiger partial charge in [0.15, 0.2) is 0 Å².